The Morgan fingerprint density at radius 1 is 1.62 bits per heavy atom. The molecule has 0 amide bonds. The summed E-state index contributed by atoms with van der Waals surface area (Å²) in [5.41, 5.74) is 0. The van der Waals surface area contributed by atoms with E-state index in [4.69, 9.17) is 9.26 Å². The quantitative estimate of drug-likeness (QED) is 0.782. The third-order valence-electron chi connectivity index (χ3n) is 3.00. The first-order valence-corrected chi connectivity index (χ1v) is 5.65. The summed E-state index contributed by atoms with van der Waals surface area (Å²) >= 11 is 0. The van der Waals surface area contributed by atoms with Crippen molar-refractivity contribution in [2.75, 3.05) is 7.11 Å². The SMILES string of the molecule is CCC(OC)c1noc(C2CCCC2=O)n1. The molecule has 5 heteroatoms. The van der Waals surface area contributed by atoms with Gasteiger partial charge in [-0.2, -0.15) is 4.98 Å². The highest BCUT2D eigenvalue weighted by atomic mass is 16.5. The Hall–Kier alpha value is -1.23. The van der Waals surface area contributed by atoms with Crippen LogP contribution < -0.4 is 0 Å². The number of nitrogens with zero attached hydrogens (tertiary/aromatic N) is 2. The highest BCUT2D eigenvalue weighted by Crippen LogP contribution is 2.30. The molecule has 16 heavy (non-hydrogen) atoms. The number of aromatic nitrogens is 2. The van der Waals surface area contributed by atoms with Gasteiger partial charge in [0.25, 0.3) is 0 Å². The molecule has 1 aromatic rings. The Morgan fingerprint density at radius 2 is 2.44 bits per heavy atom. The third-order valence-corrected chi connectivity index (χ3v) is 3.00. The molecule has 1 aromatic heterocycles. The van der Waals surface area contributed by atoms with E-state index in [9.17, 15) is 4.79 Å². The zero-order valence-corrected chi connectivity index (χ0v) is 9.60. The topological polar surface area (TPSA) is 65.2 Å². The number of carbonyl (C=O) groups excluding carboxylic acids is 1. The van der Waals surface area contributed by atoms with Gasteiger partial charge < -0.3 is 9.26 Å². The average molecular weight is 224 g/mol. The van der Waals surface area contributed by atoms with Gasteiger partial charge in [-0.25, -0.2) is 0 Å². The van der Waals surface area contributed by atoms with Crippen molar-refractivity contribution in [2.24, 2.45) is 0 Å². The Bertz CT molecular complexity index is 371. The van der Waals surface area contributed by atoms with Gasteiger partial charge in [-0.05, 0) is 19.3 Å². The van der Waals surface area contributed by atoms with Gasteiger partial charge in [0.1, 0.15) is 11.9 Å². The van der Waals surface area contributed by atoms with Crippen molar-refractivity contribution >= 4 is 5.78 Å². The lowest BCUT2D eigenvalue weighted by atomic mass is 10.1. The molecule has 0 aliphatic heterocycles. The summed E-state index contributed by atoms with van der Waals surface area (Å²) in [7, 11) is 1.62. The summed E-state index contributed by atoms with van der Waals surface area (Å²) in [5, 5.41) is 3.87. The predicted molar refractivity (Wildman–Crippen MR) is 55.9 cm³/mol. The van der Waals surface area contributed by atoms with Gasteiger partial charge in [-0.1, -0.05) is 12.1 Å². The molecule has 88 valence electrons. The normalized spacial score (nSPS) is 22.6. The number of hydrogen-bond acceptors (Lipinski definition) is 5. The molecule has 1 aliphatic rings. The third kappa shape index (κ3) is 2.00. The van der Waals surface area contributed by atoms with Gasteiger partial charge in [0.05, 0.1) is 5.92 Å². The van der Waals surface area contributed by atoms with Gasteiger partial charge in [0.2, 0.25) is 11.7 Å². The van der Waals surface area contributed by atoms with E-state index in [0.29, 0.717) is 18.1 Å². The standard InChI is InChI=1S/C11H16N2O3/c1-3-9(15-2)10-12-11(16-13-10)7-5-4-6-8(7)14/h7,9H,3-6H2,1-2H3. The Morgan fingerprint density at radius 3 is 3.00 bits per heavy atom. The molecule has 1 saturated carbocycles. The second kappa shape index (κ2) is 4.74. The van der Waals surface area contributed by atoms with E-state index < -0.39 is 0 Å². The highest BCUT2D eigenvalue weighted by Gasteiger charge is 2.31. The molecular weight excluding hydrogens is 208 g/mol. The van der Waals surface area contributed by atoms with Crippen molar-refractivity contribution in [1.82, 2.24) is 10.1 Å². The van der Waals surface area contributed by atoms with E-state index in [0.717, 1.165) is 19.3 Å². The molecule has 0 N–H and O–H groups in total. The molecule has 1 fully saturated rings. The van der Waals surface area contributed by atoms with E-state index in [1.165, 1.54) is 0 Å². The molecule has 2 atom stereocenters. The van der Waals surface area contributed by atoms with E-state index in [2.05, 4.69) is 10.1 Å². The maximum absolute atomic E-state index is 11.5. The lowest BCUT2D eigenvalue weighted by Gasteiger charge is -2.06. The van der Waals surface area contributed by atoms with Gasteiger partial charge in [-0.3, -0.25) is 4.79 Å². The second-order valence-electron chi connectivity index (χ2n) is 4.03. The summed E-state index contributed by atoms with van der Waals surface area (Å²) in [6.45, 7) is 1.99. The molecular formula is C11H16N2O3. The van der Waals surface area contributed by atoms with Crippen LogP contribution in [-0.4, -0.2) is 23.0 Å². The molecule has 2 rings (SSSR count). The highest BCUT2D eigenvalue weighted by molar-refractivity contribution is 5.86. The first-order chi connectivity index (χ1) is 7.76. The van der Waals surface area contributed by atoms with Crippen LogP contribution in [0.4, 0.5) is 0 Å². The van der Waals surface area contributed by atoms with Crippen LogP contribution in [0.25, 0.3) is 0 Å². The number of carbonyl (C=O) groups is 1. The Labute approximate surface area is 94.2 Å². The van der Waals surface area contributed by atoms with Crippen molar-refractivity contribution in [2.45, 2.75) is 44.6 Å². The second-order valence-corrected chi connectivity index (χ2v) is 4.03. The predicted octanol–water partition coefficient (Wildman–Crippen LogP) is 2.00. The molecule has 1 aliphatic carbocycles. The van der Waals surface area contributed by atoms with E-state index in [-0.39, 0.29) is 17.8 Å². The van der Waals surface area contributed by atoms with E-state index in [1.807, 2.05) is 6.92 Å². The first-order valence-electron chi connectivity index (χ1n) is 5.65. The number of hydrogen-bond donors (Lipinski definition) is 0. The minimum Gasteiger partial charge on any atom is -0.373 e. The molecule has 0 aromatic carbocycles. The van der Waals surface area contributed by atoms with Crippen molar-refractivity contribution in [1.29, 1.82) is 0 Å². The number of rotatable bonds is 4. The van der Waals surface area contributed by atoms with Crippen LogP contribution in [0.2, 0.25) is 0 Å². The zero-order chi connectivity index (χ0) is 11.5. The summed E-state index contributed by atoms with van der Waals surface area (Å²) in [5.74, 6) is 1.02. The number of Topliss-reactive ketones (excluding diaryl/α,β-unsaturated/α-hetero) is 1. The van der Waals surface area contributed by atoms with Gasteiger partial charge in [0, 0.05) is 13.5 Å². The zero-order valence-electron chi connectivity index (χ0n) is 9.60. The molecule has 5 nitrogen and oxygen atoms in total. The Balaban J connectivity index is 2.15. The number of methoxy groups -OCH3 is 1. The van der Waals surface area contributed by atoms with Crippen LogP contribution in [0.15, 0.2) is 4.52 Å². The van der Waals surface area contributed by atoms with Crippen LogP contribution >= 0.6 is 0 Å². The molecule has 0 spiro atoms. The van der Waals surface area contributed by atoms with Crippen LogP contribution in [0, 0.1) is 0 Å². The fraction of sp³-hybridized carbons (Fsp3) is 0.727. The van der Waals surface area contributed by atoms with Crippen LogP contribution in [-0.2, 0) is 9.53 Å². The number of ether oxygens (including phenoxy) is 1. The lowest BCUT2D eigenvalue weighted by molar-refractivity contribution is -0.119. The summed E-state index contributed by atoms with van der Waals surface area (Å²) in [6, 6.07) is 0. The largest absolute Gasteiger partial charge is 0.373 e. The van der Waals surface area contributed by atoms with Crippen LogP contribution in [0.5, 0.6) is 0 Å². The van der Waals surface area contributed by atoms with Gasteiger partial charge in [-0.15, -0.1) is 0 Å². The monoisotopic (exact) mass is 224 g/mol. The summed E-state index contributed by atoms with van der Waals surface area (Å²) < 4.78 is 10.4. The molecule has 0 bridgehead atoms. The van der Waals surface area contributed by atoms with Crippen LogP contribution in [0.1, 0.15) is 56.3 Å². The van der Waals surface area contributed by atoms with Crippen LogP contribution in [0.3, 0.4) is 0 Å². The maximum Gasteiger partial charge on any atom is 0.237 e. The van der Waals surface area contributed by atoms with Crippen molar-refractivity contribution in [3.63, 3.8) is 0 Å². The minimum absolute atomic E-state index is 0.144. The maximum atomic E-state index is 11.5. The van der Waals surface area contributed by atoms with Crippen molar-refractivity contribution < 1.29 is 14.1 Å². The van der Waals surface area contributed by atoms with E-state index in [1.54, 1.807) is 7.11 Å². The minimum atomic E-state index is -0.185. The fourth-order valence-electron chi connectivity index (χ4n) is 2.05. The molecule has 2 unspecified atom stereocenters. The Kier molecular flexibility index (Phi) is 3.33. The smallest absolute Gasteiger partial charge is 0.237 e. The van der Waals surface area contributed by atoms with Crippen molar-refractivity contribution in [3.05, 3.63) is 11.7 Å². The summed E-state index contributed by atoms with van der Waals surface area (Å²) in [6.07, 6.45) is 3.01. The summed E-state index contributed by atoms with van der Waals surface area (Å²) in [4.78, 5) is 15.8. The molecule has 1 heterocycles. The van der Waals surface area contributed by atoms with Crippen molar-refractivity contribution in [3.8, 4) is 0 Å². The average Bonchev–Trinajstić information content (AvgIpc) is 2.89. The first kappa shape index (κ1) is 11.3. The van der Waals surface area contributed by atoms with Gasteiger partial charge >= 0.3 is 0 Å². The van der Waals surface area contributed by atoms with E-state index >= 15 is 0 Å². The fourth-order valence-corrected chi connectivity index (χ4v) is 2.05. The molecule has 0 saturated heterocycles. The lowest BCUT2D eigenvalue weighted by Crippen LogP contribution is -2.06. The number of ketones is 1. The molecule has 0 radical (unpaired) electrons. The van der Waals surface area contributed by atoms with Gasteiger partial charge in [0.15, 0.2) is 0 Å².